The third kappa shape index (κ3) is 5.20. The second kappa shape index (κ2) is 5.38. The van der Waals surface area contributed by atoms with Crippen LogP contribution >= 0.6 is 0 Å². The summed E-state index contributed by atoms with van der Waals surface area (Å²) >= 11 is 0. The van der Waals surface area contributed by atoms with Gasteiger partial charge in [0.1, 0.15) is 6.54 Å². The van der Waals surface area contributed by atoms with Gasteiger partial charge in [0.2, 0.25) is 0 Å². The minimum atomic E-state index is -1.97. The number of quaternary nitrogens is 1. The molecule has 0 amide bonds. The summed E-state index contributed by atoms with van der Waals surface area (Å²) < 4.78 is 0.237. The van der Waals surface area contributed by atoms with Gasteiger partial charge in [0.05, 0.1) is 27.7 Å². The van der Waals surface area contributed by atoms with Gasteiger partial charge < -0.3 is 24.6 Å². The van der Waals surface area contributed by atoms with E-state index in [2.05, 4.69) is 0 Å². The van der Waals surface area contributed by atoms with E-state index in [-0.39, 0.29) is 17.4 Å². The van der Waals surface area contributed by atoms with Crippen LogP contribution in [-0.4, -0.2) is 66.3 Å². The van der Waals surface area contributed by atoms with Crippen LogP contribution in [0.25, 0.3) is 0 Å². The number of aliphatic hydroxyl groups is 2. The second-order valence-corrected chi connectivity index (χ2v) is 4.93. The third-order valence-electron chi connectivity index (χ3n) is 2.03. The van der Waals surface area contributed by atoms with Crippen LogP contribution < -0.4 is 5.11 Å². The van der Waals surface area contributed by atoms with Gasteiger partial charge in [-0.25, -0.2) is 0 Å². The lowest BCUT2D eigenvalue weighted by molar-refractivity contribution is -0.875. The van der Waals surface area contributed by atoms with E-state index in [1.165, 1.54) is 0 Å². The zero-order valence-electron chi connectivity index (χ0n) is 9.89. The van der Waals surface area contributed by atoms with Gasteiger partial charge >= 0.3 is 0 Å². The molecule has 0 aliphatic rings. The molecule has 0 saturated heterocycles. The van der Waals surface area contributed by atoms with Gasteiger partial charge in [0.25, 0.3) is 0 Å². The average Bonchev–Trinajstić information content (AvgIpc) is 1.98. The third-order valence-corrected chi connectivity index (χ3v) is 2.03. The number of aliphatic carboxylic acids is 1. The molecular formula is C10H19NO5. The minimum absolute atomic E-state index is 0.0419. The highest BCUT2D eigenvalue weighted by Gasteiger charge is 2.40. The number of aliphatic hydroxyl groups excluding tert-OH is 1. The lowest BCUT2D eigenvalue weighted by atomic mass is 9.91. The summed E-state index contributed by atoms with van der Waals surface area (Å²) in [6.07, 6.45) is -1.01. The number of carboxylic acids is 1. The molecule has 0 fully saturated rings. The fourth-order valence-corrected chi connectivity index (χ4v) is 1.60. The fraction of sp³-hybridized carbons (Fsp3) is 0.800. The van der Waals surface area contributed by atoms with Gasteiger partial charge in [-0.2, -0.15) is 0 Å². The van der Waals surface area contributed by atoms with Crippen LogP contribution in [0.1, 0.15) is 12.8 Å². The molecular weight excluding hydrogens is 214 g/mol. The number of hydrogen-bond donors (Lipinski definition) is 2. The standard InChI is InChI=1S/C10H19NO5/c1-11(2,3)7-10(16,6-9(14)15)8(13)4-5-12/h12,16H,4-7H2,1-3H3/t10-/m1/s1. The first kappa shape index (κ1) is 15.0. The Labute approximate surface area is 94.7 Å². The van der Waals surface area contributed by atoms with Gasteiger partial charge in [0, 0.05) is 18.8 Å². The summed E-state index contributed by atoms with van der Waals surface area (Å²) in [6.45, 7) is -0.453. The van der Waals surface area contributed by atoms with Crippen molar-refractivity contribution in [2.75, 3.05) is 34.3 Å². The van der Waals surface area contributed by atoms with E-state index in [1.54, 1.807) is 21.1 Å². The monoisotopic (exact) mass is 233 g/mol. The van der Waals surface area contributed by atoms with Crippen LogP contribution in [0.5, 0.6) is 0 Å². The fourth-order valence-electron chi connectivity index (χ4n) is 1.60. The van der Waals surface area contributed by atoms with Crippen LogP contribution in [0.3, 0.4) is 0 Å². The highest BCUT2D eigenvalue weighted by atomic mass is 16.4. The summed E-state index contributed by atoms with van der Waals surface area (Å²) in [5.74, 6) is -2.16. The Morgan fingerprint density at radius 2 is 1.81 bits per heavy atom. The molecule has 6 nitrogen and oxygen atoms in total. The first-order valence-corrected chi connectivity index (χ1v) is 4.97. The number of nitrogens with zero attached hydrogens (tertiary/aromatic N) is 1. The summed E-state index contributed by atoms with van der Waals surface area (Å²) in [7, 11) is 5.19. The van der Waals surface area contributed by atoms with E-state index >= 15 is 0 Å². The number of carbonyl (C=O) groups excluding carboxylic acids is 2. The molecule has 0 rings (SSSR count). The van der Waals surface area contributed by atoms with Gasteiger partial charge in [0.15, 0.2) is 11.4 Å². The molecule has 16 heavy (non-hydrogen) atoms. The molecule has 0 aromatic carbocycles. The van der Waals surface area contributed by atoms with Gasteiger partial charge in [-0.05, 0) is 0 Å². The Kier molecular flexibility index (Phi) is 5.05. The molecule has 2 N–H and O–H groups in total. The first-order chi connectivity index (χ1) is 7.10. The summed E-state index contributed by atoms with van der Waals surface area (Å²) in [5.41, 5.74) is -1.97. The number of carboxylic acid groups (broad SMARTS) is 1. The van der Waals surface area contributed by atoms with Crippen LogP contribution in [-0.2, 0) is 9.59 Å². The lowest BCUT2D eigenvalue weighted by Crippen LogP contribution is -2.56. The molecule has 0 aromatic heterocycles. The van der Waals surface area contributed by atoms with Crippen molar-refractivity contribution in [3.05, 3.63) is 0 Å². The van der Waals surface area contributed by atoms with Crippen molar-refractivity contribution in [1.82, 2.24) is 0 Å². The van der Waals surface area contributed by atoms with Crippen molar-refractivity contribution in [3.63, 3.8) is 0 Å². The van der Waals surface area contributed by atoms with Crippen molar-refractivity contribution >= 4 is 11.8 Å². The molecule has 0 aromatic rings. The van der Waals surface area contributed by atoms with E-state index in [9.17, 15) is 19.8 Å². The average molecular weight is 233 g/mol. The number of Topliss-reactive ketones (excluding diaryl/α,β-unsaturated/α-hetero) is 1. The van der Waals surface area contributed by atoms with Crippen molar-refractivity contribution in [1.29, 1.82) is 0 Å². The van der Waals surface area contributed by atoms with Crippen LogP contribution in [0.15, 0.2) is 0 Å². The summed E-state index contributed by atoms with van der Waals surface area (Å²) in [6, 6.07) is 0. The molecule has 0 spiro atoms. The molecule has 0 radical (unpaired) electrons. The maximum atomic E-state index is 11.6. The SMILES string of the molecule is C[N+](C)(C)C[C@](O)(CC(=O)[O-])C(=O)CCO. The van der Waals surface area contributed by atoms with Crippen LogP contribution in [0.4, 0.5) is 0 Å². The quantitative estimate of drug-likeness (QED) is 0.474. The molecule has 1 atom stereocenters. The Balaban J connectivity index is 4.87. The van der Waals surface area contributed by atoms with Crippen LogP contribution in [0, 0.1) is 0 Å². The highest BCUT2D eigenvalue weighted by Crippen LogP contribution is 2.17. The summed E-state index contributed by atoms with van der Waals surface area (Å²) in [4.78, 5) is 22.1. The van der Waals surface area contributed by atoms with Gasteiger partial charge in [-0.3, -0.25) is 4.79 Å². The largest absolute Gasteiger partial charge is 0.550 e. The normalized spacial score (nSPS) is 15.6. The highest BCUT2D eigenvalue weighted by molar-refractivity contribution is 5.90. The molecule has 94 valence electrons. The Bertz CT molecular complexity index is 271. The van der Waals surface area contributed by atoms with Crippen molar-refractivity contribution in [3.8, 4) is 0 Å². The number of carbonyl (C=O) groups is 2. The van der Waals surface area contributed by atoms with E-state index < -0.39 is 30.4 Å². The number of likely N-dealkylation sites (N-methyl/N-ethyl adjacent to an activating group) is 1. The lowest BCUT2D eigenvalue weighted by Gasteiger charge is -2.34. The van der Waals surface area contributed by atoms with Gasteiger partial charge in [-0.1, -0.05) is 0 Å². The van der Waals surface area contributed by atoms with E-state index in [0.29, 0.717) is 0 Å². The maximum Gasteiger partial charge on any atom is 0.177 e. The molecule has 0 aliphatic heterocycles. The zero-order valence-corrected chi connectivity index (χ0v) is 9.89. The molecule has 6 heteroatoms. The number of ketones is 1. The smallest absolute Gasteiger partial charge is 0.177 e. The van der Waals surface area contributed by atoms with Crippen LogP contribution in [0.2, 0.25) is 0 Å². The molecule has 0 aliphatic carbocycles. The zero-order chi connectivity index (χ0) is 13.0. The Hall–Kier alpha value is -0.980. The molecule has 0 unspecified atom stereocenters. The molecule has 0 heterocycles. The van der Waals surface area contributed by atoms with E-state index in [0.717, 1.165) is 0 Å². The molecule has 0 saturated carbocycles. The Morgan fingerprint density at radius 3 is 2.12 bits per heavy atom. The van der Waals surface area contributed by atoms with E-state index in [4.69, 9.17) is 5.11 Å². The number of rotatable bonds is 7. The molecule has 0 bridgehead atoms. The predicted molar refractivity (Wildman–Crippen MR) is 54.2 cm³/mol. The maximum absolute atomic E-state index is 11.6. The summed E-state index contributed by atoms with van der Waals surface area (Å²) in [5, 5.41) is 29.2. The Morgan fingerprint density at radius 1 is 1.31 bits per heavy atom. The van der Waals surface area contributed by atoms with Crippen molar-refractivity contribution < 1.29 is 29.4 Å². The predicted octanol–water partition coefficient (Wildman–Crippen LogP) is -2.48. The number of hydrogen-bond acceptors (Lipinski definition) is 5. The van der Waals surface area contributed by atoms with Gasteiger partial charge in [-0.15, -0.1) is 0 Å². The first-order valence-electron chi connectivity index (χ1n) is 4.97. The topological polar surface area (TPSA) is 97.7 Å². The second-order valence-electron chi connectivity index (χ2n) is 4.93. The van der Waals surface area contributed by atoms with E-state index in [1.807, 2.05) is 0 Å². The van der Waals surface area contributed by atoms with Crippen molar-refractivity contribution in [2.24, 2.45) is 0 Å². The minimum Gasteiger partial charge on any atom is -0.550 e. The van der Waals surface area contributed by atoms with Crippen molar-refractivity contribution in [2.45, 2.75) is 18.4 Å².